The van der Waals surface area contributed by atoms with Crippen molar-refractivity contribution in [3.63, 3.8) is 0 Å². The third-order valence-corrected chi connectivity index (χ3v) is 1.44. The molecule has 0 unspecified atom stereocenters. The highest BCUT2D eigenvalue weighted by atomic mass is 16.5. The number of ether oxygens (including phenoxy) is 2. The van der Waals surface area contributed by atoms with E-state index in [1.807, 2.05) is 20.8 Å². The molecule has 0 amide bonds. The van der Waals surface area contributed by atoms with Crippen LogP contribution in [0, 0.1) is 0 Å². The van der Waals surface area contributed by atoms with Gasteiger partial charge in [0, 0.05) is 0 Å². The molecule has 0 saturated carbocycles. The average molecular weight is 215 g/mol. The largest absolute Gasteiger partial charge is 0.464 e. The van der Waals surface area contributed by atoms with Crippen molar-refractivity contribution < 1.29 is 19.1 Å². The molecular weight excluding hydrogens is 198 g/mol. The summed E-state index contributed by atoms with van der Waals surface area (Å²) in [5, 5.41) is 0. The highest BCUT2D eigenvalue weighted by molar-refractivity contribution is 5.77. The van der Waals surface area contributed by atoms with Crippen molar-refractivity contribution in [1.82, 2.24) is 0 Å². The summed E-state index contributed by atoms with van der Waals surface area (Å²) in [7, 11) is 0. The summed E-state index contributed by atoms with van der Waals surface area (Å²) >= 11 is 0. The van der Waals surface area contributed by atoms with Gasteiger partial charge < -0.3 is 9.47 Å². The van der Waals surface area contributed by atoms with Crippen LogP contribution in [0.3, 0.4) is 0 Å². The molecule has 5 heteroatoms. The number of esters is 1. The van der Waals surface area contributed by atoms with E-state index >= 15 is 0 Å². The second-order valence-electron chi connectivity index (χ2n) is 3.91. The number of hydrogen-bond acceptors (Lipinski definition) is 5. The fourth-order valence-electron chi connectivity index (χ4n) is 0.789. The van der Waals surface area contributed by atoms with Gasteiger partial charge in [-0.25, -0.2) is 9.59 Å². The quantitative estimate of drug-likeness (QED) is 0.391. The lowest BCUT2D eigenvalue weighted by atomic mass is 10.2. The molecule has 0 aromatic rings. The molecular formula is C10H17NO4. The van der Waals surface area contributed by atoms with Gasteiger partial charge in [-0.3, -0.25) is 0 Å². The molecule has 0 fully saturated rings. The molecule has 0 saturated heterocycles. The molecule has 5 nitrogen and oxygen atoms in total. The van der Waals surface area contributed by atoms with Gasteiger partial charge in [0.2, 0.25) is 6.08 Å². The van der Waals surface area contributed by atoms with Crippen molar-refractivity contribution in [1.29, 1.82) is 0 Å². The normalized spacial score (nSPS) is 12.8. The van der Waals surface area contributed by atoms with Gasteiger partial charge in [0.15, 0.2) is 6.04 Å². The minimum absolute atomic E-state index is 0.0254. The summed E-state index contributed by atoms with van der Waals surface area (Å²) in [4.78, 5) is 24.7. The first-order valence-corrected chi connectivity index (χ1v) is 4.78. The number of isocyanates is 1. The summed E-state index contributed by atoms with van der Waals surface area (Å²) in [6.45, 7) is 7.50. The predicted octanol–water partition coefficient (Wildman–Crippen LogP) is 1.07. The monoisotopic (exact) mass is 215 g/mol. The van der Waals surface area contributed by atoms with E-state index in [1.54, 1.807) is 6.92 Å². The molecule has 0 aliphatic rings. The Morgan fingerprint density at radius 2 is 2.07 bits per heavy atom. The Kier molecular flexibility index (Phi) is 5.82. The molecule has 0 spiro atoms. The van der Waals surface area contributed by atoms with Crippen LogP contribution in [0.1, 0.15) is 27.7 Å². The lowest BCUT2D eigenvalue weighted by molar-refractivity contribution is -0.147. The maximum absolute atomic E-state index is 11.3. The summed E-state index contributed by atoms with van der Waals surface area (Å²) in [5.41, 5.74) is -0.386. The number of carbonyl (C=O) groups is 1. The van der Waals surface area contributed by atoms with Crippen molar-refractivity contribution in [3.05, 3.63) is 0 Å². The van der Waals surface area contributed by atoms with E-state index in [9.17, 15) is 9.59 Å². The van der Waals surface area contributed by atoms with Gasteiger partial charge in [-0.1, -0.05) is 0 Å². The lowest BCUT2D eigenvalue weighted by Crippen LogP contribution is -2.31. The van der Waals surface area contributed by atoms with Crippen molar-refractivity contribution in [3.8, 4) is 0 Å². The molecule has 15 heavy (non-hydrogen) atoms. The minimum atomic E-state index is -0.915. The fourth-order valence-corrected chi connectivity index (χ4v) is 0.789. The van der Waals surface area contributed by atoms with Crippen LogP contribution in [0.2, 0.25) is 0 Å². The Morgan fingerprint density at radius 1 is 1.47 bits per heavy atom. The molecule has 1 atom stereocenters. The van der Waals surface area contributed by atoms with Crippen molar-refractivity contribution >= 4 is 12.0 Å². The zero-order chi connectivity index (χ0) is 11.9. The van der Waals surface area contributed by atoms with Gasteiger partial charge >= 0.3 is 5.97 Å². The van der Waals surface area contributed by atoms with Gasteiger partial charge in [0.05, 0.1) is 18.8 Å². The second kappa shape index (κ2) is 6.32. The summed E-state index contributed by atoms with van der Waals surface area (Å²) in [6, 6.07) is -0.915. The predicted molar refractivity (Wildman–Crippen MR) is 54.2 cm³/mol. The first-order valence-electron chi connectivity index (χ1n) is 4.78. The Balaban J connectivity index is 4.28. The summed E-state index contributed by atoms with van der Waals surface area (Å²) in [6.07, 6.45) is 1.34. The van der Waals surface area contributed by atoms with E-state index in [0.717, 1.165) is 0 Å². The van der Waals surface area contributed by atoms with Crippen molar-refractivity contribution in [2.24, 2.45) is 4.99 Å². The number of rotatable bonds is 5. The van der Waals surface area contributed by atoms with Crippen LogP contribution in [-0.4, -0.2) is 36.9 Å². The van der Waals surface area contributed by atoms with Crippen LogP contribution in [0.15, 0.2) is 4.99 Å². The van der Waals surface area contributed by atoms with Gasteiger partial charge in [0.25, 0.3) is 0 Å². The number of hydrogen-bond donors (Lipinski definition) is 0. The molecule has 0 rings (SSSR count). The van der Waals surface area contributed by atoms with Gasteiger partial charge in [-0.15, -0.1) is 0 Å². The van der Waals surface area contributed by atoms with Crippen LogP contribution < -0.4 is 0 Å². The highest BCUT2D eigenvalue weighted by Crippen LogP contribution is 2.08. The number of carbonyl (C=O) groups excluding carboxylic acids is 2. The van der Waals surface area contributed by atoms with Gasteiger partial charge in [-0.2, -0.15) is 4.99 Å². The smallest absolute Gasteiger partial charge is 0.334 e. The molecule has 0 N–H and O–H groups in total. The molecule has 0 aromatic carbocycles. The van der Waals surface area contributed by atoms with Crippen molar-refractivity contribution in [2.75, 3.05) is 13.2 Å². The van der Waals surface area contributed by atoms with Crippen LogP contribution >= 0.6 is 0 Å². The van der Waals surface area contributed by atoms with Gasteiger partial charge in [-0.05, 0) is 27.7 Å². The molecule has 0 aromatic heterocycles. The molecule has 0 aliphatic heterocycles. The number of nitrogens with zero attached hydrogens (tertiary/aromatic N) is 1. The topological polar surface area (TPSA) is 65.0 Å². The molecule has 0 bridgehead atoms. The zero-order valence-corrected chi connectivity index (χ0v) is 9.57. The highest BCUT2D eigenvalue weighted by Gasteiger charge is 2.22. The Bertz CT molecular complexity index is 251. The SMILES string of the molecule is CCOC(=O)[C@H](COC(C)(C)C)N=C=O. The van der Waals surface area contributed by atoms with Crippen LogP contribution in [0.25, 0.3) is 0 Å². The van der Waals surface area contributed by atoms with E-state index < -0.39 is 12.0 Å². The van der Waals surface area contributed by atoms with E-state index in [4.69, 9.17) is 9.47 Å². The van der Waals surface area contributed by atoms with E-state index in [-0.39, 0.29) is 18.8 Å². The fraction of sp³-hybridized carbons (Fsp3) is 0.800. The van der Waals surface area contributed by atoms with Crippen LogP contribution in [-0.2, 0) is 19.1 Å². The molecule has 86 valence electrons. The summed E-state index contributed by atoms with van der Waals surface area (Å²) < 4.78 is 10.1. The molecule has 0 heterocycles. The second-order valence-corrected chi connectivity index (χ2v) is 3.91. The zero-order valence-electron chi connectivity index (χ0n) is 9.57. The molecule has 0 aliphatic carbocycles. The number of aliphatic imine (C=N–C) groups is 1. The minimum Gasteiger partial charge on any atom is -0.464 e. The lowest BCUT2D eigenvalue weighted by Gasteiger charge is -2.21. The standard InChI is InChI=1S/C10H17NO4/c1-5-14-9(13)8(11-7-12)6-15-10(2,3)4/h8H,5-6H2,1-4H3/t8-/m0/s1. The Morgan fingerprint density at radius 3 is 2.47 bits per heavy atom. The van der Waals surface area contributed by atoms with Crippen molar-refractivity contribution in [2.45, 2.75) is 39.3 Å². The van der Waals surface area contributed by atoms with E-state index in [2.05, 4.69) is 4.99 Å². The van der Waals surface area contributed by atoms with Crippen LogP contribution in [0.4, 0.5) is 0 Å². The third kappa shape index (κ3) is 6.82. The first kappa shape index (κ1) is 13.8. The molecule has 0 radical (unpaired) electrons. The van der Waals surface area contributed by atoms with E-state index in [1.165, 1.54) is 6.08 Å². The third-order valence-electron chi connectivity index (χ3n) is 1.44. The first-order chi connectivity index (χ1) is 6.90. The maximum atomic E-state index is 11.3. The summed E-state index contributed by atoms with van der Waals surface area (Å²) in [5.74, 6) is -0.565. The van der Waals surface area contributed by atoms with E-state index in [0.29, 0.717) is 0 Å². The Labute approximate surface area is 89.5 Å². The van der Waals surface area contributed by atoms with Gasteiger partial charge in [0.1, 0.15) is 0 Å². The Hall–Kier alpha value is -1.19. The average Bonchev–Trinajstić information content (AvgIpc) is 2.11. The van der Waals surface area contributed by atoms with Crippen LogP contribution in [0.5, 0.6) is 0 Å². The maximum Gasteiger partial charge on any atom is 0.334 e.